The fraction of sp³-hybridized carbons (Fsp3) is 0.346. The third kappa shape index (κ3) is 3.68. The molecule has 1 aliphatic heterocycles. The molecule has 1 saturated heterocycles. The molecule has 1 heterocycles. The molecule has 1 saturated carbocycles. The topological polar surface area (TPSA) is 41.6 Å². The predicted octanol–water partition coefficient (Wildman–Crippen LogP) is 4.63. The Morgan fingerprint density at radius 2 is 1.83 bits per heavy atom. The molecule has 1 unspecified atom stereocenters. The number of likely N-dealkylation sites (tertiary alicyclic amines) is 1. The lowest BCUT2D eigenvalue weighted by molar-refractivity contribution is 0.0935. The summed E-state index contributed by atoms with van der Waals surface area (Å²) in [7, 11) is 1.71. The number of carbonyl (C=O) groups excluding carboxylic acids is 1. The minimum atomic E-state index is 0.0625. The van der Waals surface area contributed by atoms with Gasteiger partial charge in [-0.1, -0.05) is 48.5 Å². The van der Waals surface area contributed by atoms with Crippen molar-refractivity contribution >= 4 is 16.7 Å². The van der Waals surface area contributed by atoms with Crippen LogP contribution in [0, 0.1) is 5.41 Å². The van der Waals surface area contributed by atoms with Gasteiger partial charge in [-0.05, 0) is 72.3 Å². The van der Waals surface area contributed by atoms with Gasteiger partial charge < -0.3 is 10.1 Å². The first kappa shape index (κ1) is 19.1. The van der Waals surface area contributed by atoms with Crippen molar-refractivity contribution in [2.45, 2.75) is 31.8 Å². The number of ether oxygens (including phenoxy) is 1. The van der Waals surface area contributed by atoms with Crippen LogP contribution in [0.2, 0.25) is 0 Å². The number of hydrogen-bond acceptors (Lipinski definition) is 3. The molecule has 1 spiro atoms. The molecule has 2 fully saturated rings. The Labute approximate surface area is 177 Å². The van der Waals surface area contributed by atoms with Crippen molar-refractivity contribution in [2.24, 2.45) is 5.41 Å². The molecule has 0 radical (unpaired) electrons. The van der Waals surface area contributed by atoms with Crippen LogP contribution in [-0.4, -0.2) is 37.0 Å². The first-order valence-corrected chi connectivity index (χ1v) is 10.8. The van der Waals surface area contributed by atoms with E-state index in [1.807, 2.05) is 36.4 Å². The zero-order valence-corrected chi connectivity index (χ0v) is 17.4. The maximum atomic E-state index is 13.0. The van der Waals surface area contributed by atoms with E-state index in [9.17, 15) is 4.79 Å². The molecule has 2 aliphatic rings. The van der Waals surface area contributed by atoms with Crippen LogP contribution in [0.5, 0.6) is 5.75 Å². The summed E-state index contributed by atoms with van der Waals surface area (Å²) in [5.41, 5.74) is 2.37. The Bertz CT molecular complexity index is 1060. The van der Waals surface area contributed by atoms with Gasteiger partial charge in [0.05, 0.1) is 7.11 Å². The van der Waals surface area contributed by atoms with E-state index in [0.717, 1.165) is 61.0 Å². The molecule has 4 nitrogen and oxygen atoms in total. The van der Waals surface area contributed by atoms with Crippen molar-refractivity contribution in [1.29, 1.82) is 0 Å². The van der Waals surface area contributed by atoms with Crippen molar-refractivity contribution in [3.63, 3.8) is 0 Å². The average molecular weight is 401 g/mol. The highest BCUT2D eigenvalue weighted by Crippen LogP contribution is 2.54. The molecule has 3 aromatic carbocycles. The van der Waals surface area contributed by atoms with E-state index in [2.05, 4.69) is 40.5 Å². The molecule has 4 heteroatoms. The number of nitrogens with one attached hydrogen (secondary N) is 1. The number of methoxy groups -OCH3 is 1. The summed E-state index contributed by atoms with van der Waals surface area (Å²) in [6.07, 6.45) is 3.41. The van der Waals surface area contributed by atoms with Gasteiger partial charge in [0.15, 0.2) is 0 Å². The highest BCUT2D eigenvalue weighted by atomic mass is 16.5. The summed E-state index contributed by atoms with van der Waals surface area (Å²) in [4.78, 5) is 15.5. The molecule has 1 amide bonds. The van der Waals surface area contributed by atoms with E-state index in [1.54, 1.807) is 7.11 Å². The maximum Gasteiger partial charge on any atom is 0.252 e. The third-order valence-corrected chi connectivity index (χ3v) is 6.92. The molecule has 1 atom stereocenters. The smallest absolute Gasteiger partial charge is 0.252 e. The first-order chi connectivity index (χ1) is 14.7. The molecular weight excluding hydrogens is 372 g/mol. The monoisotopic (exact) mass is 400 g/mol. The zero-order chi connectivity index (χ0) is 20.6. The number of rotatable bonds is 5. The van der Waals surface area contributed by atoms with E-state index in [-0.39, 0.29) is 5.91 Å². The van der Waals surface area contributed by atoms with E-state index in [0.29, 0.717) is 11.5 Å². The lowest BCUT2D eigenvalue weighted by Crippen LogP contribution is -2.38. The molecule has 154 valence electrons. The van der Waals surface area contributed by atoms with Crippen molar-refractivity contribution < 1.29 is 9.53 Å². The summed E-state index contributed by atoms with van der Waals surface area (Å²) >= 11 is 0. The van der Waals surface area contributed by atoms with Crippen LogP contribution >= 0.6 is 0 Å². The van der Waals surface area contributed by atoms with Gasteiger partial charge in [-0.25, -0.2) is 0 Å². The number of piperidine rings is 1. The Kier molecular flexibility index (Phi) is 4.95. The van der Waals surface area contributed by atoms with Gasteiger partial charge in [-0.15, -0.1) is 0 Å². The molecule has 0 bridgehead atoms. The van der Waals surface area contributed by atoms with Crippen LogP contribution in [0.1, 0.15) is 35.2 Å². The fourth-order valence-corrected chi connectivity index (χ4v) is 4.95. The van der Waals surface area contributed by atoms with Gasteiger partial charge in [0, 0.05) is 18.2 Å². The Balaban J connectivity index is 1.19. The molecule has 5 rings (SSSR count). The van der Waals surface area contributed by atoms with Gasteiger partial charge in [-0.2, -0.15) is 0 Å². The van der Waals surface area contributed by atoms with Crippen molar-refractivity contribution in [3.8, 4) is 5.75 Å². The number of carbonyl (C=O) groups is 1. The molecule has 1 N–H and O–H groups in total. The van der Waals surface area contributed by atoms with Gasteiger partial charge in [0.1, 0.15) is 5.75 Å². The third-order valence-electron chi connectivity index (χ3n) is 6.92. The van der Waals surface area contributed by atoms with Gasteiger partial charge in [-0.3, -0.25) is 9.69 Å². The quantitative estimate of drug-likeness (QED) is 0.679. The summed E-state index contributed by atoms with van der Waals surface area (Å²) in [6, 6.07) is 22.7. The lowest BCUT2D eigenvalue weighted by atomic mass is 9.92. The van der Waals surface area contributed by atoms with Crippen LogP contribution in [0.4, 0.5) is 0 Å². The van der Waals surface area contributed by atoms with Crippen molar-refractivity contribution in [1.82, 2.24) is 10.2 Å². The van der Waals surface area contributed by atoms with Crippen LogP contribution in [0.15, 0.2) is 66.7 Å². The van der Waals surface area contributed by atoms with Crippen LogP contribution in [0.25, 0.3) is 10.8 Å². The second-order valence-corrected chi connectivity index (χ2v) is 8.75. The SMILES string of the molecule is COc1cccc(CN2CCC3(CC2)CC3NC(=O)c2cccc3ccccc23)c1. The molecule has 30 heavy (non-hydrogen) atoms. The van der Waals surface area contributed by atoms with Crippen LogP contribution in [0.3, 0.4) is 0 Å². The zero-order valence-electron chi connectivity index (χ0n) is 17.4. The molecule has 1 aliphatic carbocycles. The van der Waals surface area contributed by atoms with Crippen LogP contribution < -0.4 is 10.1 Å². The minimum Gasteiger partial charge on any atom is -0.497 e. The first-order valence-electron chi connectivity index (χ1n) is 10.8. The second-order valence-electron chi connectivity index (χ2n) is 8.75. The Hall–Kier alpha value is -2.85. The van der Waals surface area contributed by atoms with Crippen LogP contribution in [-0.2, 0) is 6.54 Å². The second kappa shape index (κ2) is 7.77. The number of amides is 1. The molecular formula is C26H28N2O2. The lowest BCUT2D eigenvalue weighted by Gasteiger charge is -2.33. The number of benzene rings is 3. The normalized spacial score (nSPS) is 20.2. The van der Waals surface area contributed by atoms with E-state index < -0.39 is 0 Å². The van der Waals surface area contributed by atoms with Gasteiger partial charge in [0.25, 0.3) is 5.91 Å². The predicted molar refractivity (Wildman–Crippen MR) is 120 cm³/mol. The number of fused-ring (bicyclic) bond motifs is 1. The highest BCUT2D eigenvalue weighted by Gasteiger charge is 2.55. The molecule has 0 aromatic heterocycles. The Morgan fingerprint density at radius 1 is 1.07 bits per heavy atom. The summed E-state index contributed by atoms with van der Waals surface area (Å²) < 4.78 is 5.34. The van der Waals surface area contributed by atoms with Gasteiger partial charge >= 0.3 is 0 Å². The van der Waals surface area contributed by atoms with Crippen molar-refractivity contribution in [2.75, 3.05) is 20.2 Å². The molecule has 3 aromatic rings. The highest BCUT2D eigenvalue weighted by molar-refractivity contribution is 6.07. The van der Waals surface area contributed by atoms with Gasteiger partial charge in [0.2, 0.25) is 0 Å². The van der Waals surface area contributed by atoms with E-state index in [1.165, 1.54) is 5.56 Å². The standard InChI is InChI=1S/C26H28N2O2/c1-30-21-9-4-6-19(16-21)18-28-14-12-26(13-15-28)17-24(26)27-25(29)23-11-5-8-20-7-2-3-10-22(20)23/h2-11,16,24H,12-15,17-18H2,1H3,(H,27,29). The fourth-order valence-electron chi connectivity index (χ4n) is 4.95. The maximum absolute atomic E-state index is 13.0. The van der Waals surface area contributed by atoms with E-state index in [4.69, 9.17) is 4.74 Å². The van der Waals surface area contributed by atoms with E-state index >= 15 is 0 Å². The summed E-state index contributed by atoms with van der Waals surface area (Å²) in [6.45, 7) is 3.12. The Morgan fingerprint density at radius 3 is 2.67 bits per heavy atom. The average Bonchev–Trinajstić information content (AvgIpc) is 3.46. The summed E-state index contributed by atoms with van der Waals surface area (Å²) in [5.74, 6) is 0.979. The largest absolute Gasteiger partial charge is 0.497 e. The number of nitrogens with zero attached hydrogens (tertiary/aromatic N) is 1. The van der Waals surface area contributed by atoms with Crippen molar-refractivity contribution in [3.05, 3.63) is 77.9 Å². The number of hydrogen-bond donors (Lipinski definition) is 1. The summed E-state index contributed by atoms with van der Waals surface area (Å²) in [5, 5.41) is 5.47. The minimum absolute atomic E-state index is 0.0625.